The molecule has 0 saturated carbocycles. The van der Waals surface area contributed by atoms with Gasteiger partial charge in [0, 0.05) is 25.4 Å². The van der Waals surface area contributed by atoms with Gasteiger partial charge < -0.3 is 14.4 Å². The van der Waals surface area contributed by atoms with Gasteiger partial charge in [-0.25, -0.2) is 0 Å². The third kappa shape index (κ3) is 2.27. The minimum absolute atomic E-state index is 0.126. The minimum atomic E-state index is -0.126. The van der Waals surface area contributed by atoms with Gasteiger partial charge in [-0.3, -0.25) is 4.79 Å². The fraction of sp³-hybridized carbons (Fsp3) is 0.417. The Morgan fingerprint density at radius 1 is 1.44 bits per heavy atom. The highest BCUT2D eigenvalue weighted by Crippen LogP contribution is 2.12. The number of aryl methyl sites for hydroxylation is 2. The average Bonchev–Trinajstić information content (AvgIpc) is 2.86. The first kappa shape index (κ1) is 12.3. The second kappa shape index (κ2) is 4.64. The lowest BCUT2D eigenvalue weighted by Gasteiger charge is -2.03. The molecule has 0 bridgehead atoms. The summed E-state index contributed by atoms with van der Waals surface area (Å²) in [6.07, 6.45) is 0. The molecule has 0 aliphatic rings. The van der Waals surface area contributed by atoms with E-state index in [2.05, 4.69) is 15.5 Å². The van der Waals surface area contributed by atoms with E-state index in [0.717, 1.165) is 11.4 Å². The lowest BCUT2D eigenvalue weighted by molar-refractivity contribution is 0.0949. The van der Waals surface area contributed by atoms with E-state index in [4.69, 9.17) is 4.52 Å². The van der Waals surface area contributed by atoms with Crippen molar-refractivity contribution in [3.8, 4) is 0 Å². The number of nitrogens with zero attached hydrogens (tertiary/aromatic N) is 3. The molecule has 0 aromatic carbocycles. The predicted octanol–water partition coefficient (Wildman–Crippen LogP) is 1.26. The average molecular weight is 248 g/mol. The molecule has 0 saturated heterocycles. The molecule has 6 heteroatoms. The molecular formula is C12H16N4O2. The molecule has 2 rings (SSSR count). The molecule has 6 nitrogen and oxygen atoms in total. The van der Waals surface area contributed by atoms with E-state index in [1.165, 1.54) is 0 Å². The molecule has 2 aromatic rings. The van der Waals surface area contributed by atoms with Crippen LogP contribution in [0, 0.1) is 20.8 Å². The number of carbonyl (C=O) groups excluding carboxylic acids is 1. The Morgan fingerprint density at radius 2 is 2.17 bits per heavy atom. The predicted molar refractivity (Wildman–Crippen MR) is 65.1 cm³/mol. The van der Waals surface area contributed by atoms with E-state index < -0.39 is 0 Å². The quantitative estimate of drug-likeness (QED) is 0.887. The molecule has 1 amide bonds. The topological polar surface area (TPSA) is 73.0 Å². The number of hydrogen-bond acceptors (Lipinski definition) is 4. The Labute approximate surface area is 105 Å². The summed E-state index contributed by atoms with van der Waals surface area (Å²) < 4.78 is 6.81. The van der Waals surface area contributed by atoms with Gasteiger partial charge in [0.15, 0.2) is 5.82 Å². The lowest BCUT2D eigenvalue weighted by Crippen LogP contribution is -2.23. The van der Waals surface area contributed by atoms with Crippen molar-refractivity contribution >= 4 is 5.91 Å². The van der Waals surface area contributed by atoms with Gasteiger partial charge in [-0.15, -0.1) is 0 Å². The van der Waals surface area contributed by atoms with Gasteiger partial charge in [-0.1, -0.05) is 5.16 Å². The molecule has 0 aliphatic carbocycles. The monoisotopic (exact) mass is 248 g/mol. The Balaban J connectivity index is 2.06. The zero-order valence-corrected chi connectivity index (χ0v) is 10.9. The Kier molecular flexibility index (Phi) is 3.18. The molecule has 96 valence electrons. The molecular weight excluding hydrogens is 232 g/mol. The molecule has 0 aliphatic heterocycles. The van der Waals surface area contributed by atoms with Crippen molar-refractivity contribution in [2.24, 2.45) is 7.05 Å². The Bertz CT molecular complexity index is 583. The van der Waals surface area contributed by atoms with Crippen molar-refractivity contribution < 1.29 is 9.32 Å². The summed E-state index contributed by atoms with van der Waals surface area (Å²) in [4.78, 5) is 16.0. The summed E-state index contributed by atoms with van der Waals surface area (Å²) in [5.41, 5.74) is 2.66. The molecule has 0 fully saturated rings. The fourth-order valence-corrected chi connectivity index (χ4v) is 1.75. The van der Waals surface area contributed by atoms with E-state index in [9.17, 15) is 4.79 Å². The summed E-state index contributed by atoms with van der Waals surface area (Å²) in [5, 5.41) is 6.49. The normalized spacial score (nSPS) is 10.7. The van der Waals surface area contributed by atoms with Gasteiger partial charge in [0.25, 0.3) is 5.91 Å². The molecule has 1 N–H and O–H groups in total. The molecule has 2 aromatic heterocycles. The Morgan fingerprint density at radius 3 is 2.67 bits per heavy atom. The van der Waals surface area contributed by atoms with E-state index in [1.807, 2.05) is 31.5 Å². The van der Waals surface area contributed by atoms with Gasteiger partial charge in [0.2, 0.25) is 5.89 Å². The summed E-state index contributed by atoms with van der Waals surface area (Å²) >= 11 is 0. The molecule has 0 atom stereocenters. The van der Waals surface area contributed by atoms with Crippen LogP contribution in [0.1, 0.15) is 33.5 Å². The second-order valence-corrected chi connectivity index (χ2v) is 4.26. The van der Waals surface area contributed by atoms with Crippen molar-refractivity contribution in [3.05, 3.63) is 34.7 Å². The van der Waals surface area contributed by atoms with Crippen molar-refractivity contribution in [2.75, 3.05) is 0 Å². The smallest absolute Gasteiger partial charge is 0.253 e. The van der Waals surface area contributed by atoms with E-state index in [0.29, 0.717) is 17.3 Å². The van der Waals surface area contributed by atoms with Gasteiger partial charge >= 0.3 is 0 Å². The highest BCUT2D eigenvalue weighted by Gasteiger charge is 2.14. The zero-order valence-electron chi connectivity index (χ0n) is 10.9. The highest BCUT2D eigenvalue weighted by molar-refractivity contribution is 5.95. The first-order valence-corrected chi connectivity index (χ1v) is 5.69. The van der Waals surface area contributed by atoms with Crippen LogP contribution in [0.2, 0.25) is 0 Å². The molecule has 0 spiro atoms. The fourth-order valence-electron chi connectivity index (χ4n) is 1.75. The molecule has 0 radical (unpaired) electrons. The third-order valence-corrected chi connectivity index (χ3v) is 3.00. The summed E-state index contributed by atoms with van der Waals surface area (Å²) in [5.74, 6) is 0.843. The van der Waals surface area contributed by atoms with Crippen LogP contribution in [-0.2, 0) is 13.6 Å². The highest BCUT2D eigenvalue weighted by atomic mass is 16.5. The van der Waals surface area contributed by atoms with Crippen LogP contribution in [0.4, 0.5) is 0 Å². The van der Waals surface area contributed by atoms with Gasteiger partial charge in [0.05, 0.1) is 12.1 Å². The minimum Gasteiger partial charge on any atom is -0.351 e. The zero-order chi connectivity index (χ0) is 13.3. The lowest BCUT2D eigenvalue weighted by atomic mass is 10.2. The van der Waals surface area contributed by atoms with E-state index in [1.54, 1.807) is 6.92 Å². The van der Waals surface area contributed by atoms with Crippen LogP contribution < -0.4 is 5.32 Å². The summed E-state index contributed by atoms with van der Waals surface area (Å²) in [7, 11) is 1.93. The number of rotatable bonds is 3. The van der Waals surface area contributed by atoms with Crippen LogP contribution in [0.5, 0.6) is 0 Å². The summed E-state index contributed by atoms with van der Waals surface area (Å²) in [6.45, 7) is 5.86. The van der Waals surface area contributed by atoms with Crippen LogP contribution in [0.15, 0.2) is 10.6 Å². The SMILES string of the molecule is Cc1nc(CNC(=O)c2cc(C)n(C)c2C)no1. The van der Waals surface area contributed by atoms with Crippen LogP contribution >= 0.6 is 0 Å². The van der Waals surface area contributed by atoms with Crippen molar-refractivity contribution in [2.45, 2.75) is 27.3 Å². The number of nitrogens with one attached hydrogen (secondary N) is 1. The van der Waals surface area contributed by atoms with Crippen molar-refractivity contribution in [1.29, 1.82) is 0 Å². The number of aromatic nitrogens is 3. The number of carbonyl (C=O) groups is 1. The van der Waals surface area contributed by atoms with Gasteiger partial charge in [-0.2, -0.15) is 4.98 Å². The van der Waals surface area contributed by atoms with Crippen molar-refractivity contribution in [3.63, 3.8) is 0 Å². The van der Waals surface area contributed by atoms with Crippen LogP contribution in [-0.4, -0.2) is 20.6 Å². The maximum atomic E-state index is 12.0. The molecule has 0 unspecified atom stereocenters. The second-order valence-electron chi connectivity index (χ2n) is 4.26. The van der Waals surface area contributed by atoms with E-state index in [-0.39, 0.29) is 12.5 Å². The number of hydrogen-bond donors (Lipinski definition) is 1. The van der Waals surface area contributed by atoms with Crippen molar-refractivity contribution in [1.82, 2.24) is 20.0 Å². The Hall–Kier alpha value is -2.11. The van der Waals surface area contributed by atoms with Crippen LogP contribution in [0.3, 0.4) is 0 Å². The first-order valence-electron chi connectivity index (χ1n) is 5.69. The third-order valence-electron chi connectivity index (χ3n) is 3.00. The number of amides is 1. The first-order chi connectivity index (χ1) is 8.49. The maximum Gasteiger partial charge on any atom is 0.253 e. The van der Waals surface area contributed by atoms with Gasteiger partial charge in [0.1, 0.15) is 0 Å². The van der Waals surface area contributed by atoms with Gasteiger partial charge in [-0.05, 0) is 19.9 Å². The molecule has 2 heterocycles. The summed E-state index contributed by atoms with van der Waals surface area (Å²) in [6, 6.07) is 1.87. The maximum absolute atomic E-state index is 12.0. The van der Waals surface area contributed by atoms with E-state index >= 15 is 0 Å². The largest absolute Gasteiger partial charge is 0.351 e. The molecule has 18 heavy (non-hydrogen) atoms. The van der Waals surface area contributed by atoms with Crippen LogP contribution in [0.25, 0.3) is 0 Å². The standard InChI is InChI=1S/C12H16N4O2/c1-7-5-10(8(2)16(7)4)12(17)13-6-11-14-9(3)18-15-11/h5H,6H2,1-4H3,(H,13,17).